The number of nitrogens with zero attached hydrogens (tertiary/aromatic N) is 4. The van der Waals surface area contributed by atoms with Crippen LogP contribution in [0.1, 0.15) is 36.1 Å². The van der Waals surface area contributed by atoms with Crippen LogP contribution in [0.25, 0.3) is 0 Å². The zero-order valence-corrected chi connectivity index (χ0v) is 15.7. The summed E-state index contributed by atoms with van der Waals surface area (Å²) in [5.74, 6) is 4.32. The summed E-state index contributed by atoms with van der Waals surface area (Å²) in [6, 6.07) is 8.06. The minimum absolute atomic E-state index is 0.736. The summed E-state index contributed by atoms with van der Waals surface area (Å²) in [6.07, 6.45) is 11.8. The predicted molar refractivity (Wildman–Crippen MR) is 107 cm³/mol. The average molecular weight is 362 g/mol. The first-order chi connectivity index (χ1) is 13.3. The number of aromatic nitrogens is 2. The van der Waals surface area contributed by atoms with E-state index in [-0.39, 0.29) is 0 Å². The second kappa shape index (κ2) is 8.41. The van der Waals surface area contributed by atoms with Crippen molar-refractivity contribution in [1.82, 2.24) is 14.9 Å². The van der Waals surface area contributed by atoms with Gasteiger partial charge >= 0.3 is 0 Å². The molecule has 2 aliphatic heterocycles. The van der Waals surface area contributed by atoms with Crippen molar-refractivity contribution in [1.29, 1.82) is 0 Å². The van der Waals surface area contributed by atoms with E-state index in [1.807, 2.05) is 18.2 Å². The SMILES string of the molecule is C#Cc1ccc(N2CCc3nc(OCCCN4CCCC4)ccc3C2)nc1. The first kappa shape index (κ1) is 17.8. The Hall–Kier alpha value is -2.58. The van der Waals surface area contributed by atoms with E-state index in [2.05, 4.69) is 26.8 Å². The fourth-order valence-electron chi connectivity index (χ4n) is 3.80. The zero-order valence-electron chi connectivity index (χ0n) is 15.7. The van der Waals surface area contributed by atoms with Crippen LogP contribution in [0.4, 0.5) is 5.82 Å². The van der Waals surface area contributed by atoms with Gasteiger partial charge in [0.05, 0.1) is 12.3 Å². The third-order valence-electron chi connectivity index (χ3n) is 5.33. The van der Waals surface area contributed by atoms with Crippen LogP contribution in [0.2, 0.25) is 0 Å². The van der Waals surface area contributed by atoms with E-state index < -0.39 is 0 Å². The molecule has 0 N–H and O–H groups in total. The molecule has 0 radical (unpaired) electrons. The molecule has 1 fully saturated rings. The van der Waals surface area contributed by atoms with Crippen LogP contribution in [0.5, 0.6) is 5.88 Å². The molecule has 27 heavy (non-hydrogen) atoms. The van der Waals surface area contributed by atoms with Crippen molar-refractivity contribution < 1.29 is 4.74 Å². The van der Waals surface area contributed by atoms with Crippen molar-refractivity contribution in [3.63, 3.8) is 0 Å². The molecule has 0 unspecified atom stereocenters. The fourth-order valence-corrected chi connectivity index (χ4v) is 3.80. The Morgan fingerprint density at radius 2 is 2.00 bits per heavy atom. The average Bonchev–Trinajstić information content (AvgIpc) is 3.24. The Balaban J connectivity index is 1.31. The second-order valence-corrected chi connectivity index (χ2v) is 7.23. The largest absolute Gasteiger partial charge is 0.478 e. The Bertz CT molecular complexity index is 806. The summed E-state index contributed by atoms with van der Waals surface area (Å²) in [4.78, 5) is 14.0. The first-order valence-corrected chi connectivity index (χ1v) is 9.83. The van der Waals surface area contributed by atoms with Gasteiger partial charge in [-0.25, -0.2) is 9.97 Å². The molecule has 4 rings (SSSR count). The van der Waals surface area contributed by atoms with E-state index in [9.17, 15) is 0 Å². The van der Waals surface area contributed by atoms with Crippen LogP contribution in [0.3, 0.4) is 0 Å². The van der Waals surface area contributed by atoms with Gasteiger partial charge in [0.1, 0.15) is 5.82 Å². The minimum Gasteiger partial charge on any atom is -0.478 e. The Morgan fingerprint density at radius 3 is 2.78 bits per heavy atom. The van der Waals surface area contributed by atoms with Crippen molar-refractivity contribution in [2.75, 3.05) is 37.7 Å². The minimum atomic E-state index is 0.736. The number of likely N-dealkylation sites (tertiary alicyclic amines) is 1. The van der Waals surface area contributed by atoms with Gasteiger partial charge in [0.2, 0.25) is 5.88 Å². The number of anilines is 1. The number of hydrogen-bond donors (Lipinski definition) is 0. The third kappa shape index (κ3) is 4.40. The number of pyridine rings is 2. The standard InChI is InChI=1S/C22H26N4O/c1-2-18-6-8-21(23-16-18)26-14-10-20-19(17-26)7-9-22(24-20)27-15-5-13-25-11-3-4-12-25/h1,6-9,16H,3-5,10-15,17H2. The summed E-state index contributed by atoms with van der Waals surface area (Å²) >= 11 is 0. The summed E-state index contributed by atoms with van der Waals surface area (Å²) in [5.41, 5.74) is 3.20. The van der Waals surface area contributed by atoms with Crippen LogP contribution in [0, 0.1) is 12.3 Å². The zero-order chi connectivity index (χ0) is 18.5. The fraction of sp³-hybridized carbons (Fsp3) is 0.455. The third-order valence-corrected chi connectivity index (χ3v) is 5.33. The lowest BCUT2D eigenvalue weighted by molar-refractivity contribution is 0.256. The normalized spacial score (nSPS) is 16.8. The molecular formula is C22H26N4O. The van der Waals surface area contributed by atoms with Gasteiger partial charge in [-0.3, -0.25) is 0 Å². The van der Waals surface area contributed by atoms with E-state index in [0.29, 0.717) is 0 Å². The maximum atomic E-state index is 5.89. The van der Waals surface area contributed by atoms with Crippen molar-refractivity contribution >= 4 is 5.82 Å². The number of terminal acetylenes is 1. The highest BCUT2D eigenvalue weighted by Gasteiger charge is 2.19. The molecule has 0 aliphatic carbocycles. The highest BCUT2D eigenvalue weighted by Crippen LogP contribution is 2.24. The van der Waals surface area contributed by atoms with Crippen LogP contribution < -0.4 is 9.64 Å². The van der Waals surface area contributed by atoms with E-state index >= 15 is 0 Å². The van der Waals surface area contributed by atoms with Gasteiger partial charge in [0, 0.05) is 43.9 Å². The van der Waals surface area contributed by atoms with Crippen LogP contribution in [0.15, 0.2) is 30.5 Å². The smallest absolute Gasteiger partial charge is 0.213 e. The van der Waals surface area contributed by atoms with Crippen LogP contribution >= 0.6 is 0 Å². The Labute approximate surface area is 161 Å². The lowest BCUT2D eigenvalue weighted by Gasteiger charge is -2.29. The second-order valence-electron chi connectivity index (χ2n) is 7.23. The monoisotopic (exact) mass is 362 g/mol. The molecule has 5 heteroatoms. The van der Waals surface area contributed by atoms with Gasteiger partial charge in [-0.05, 0) is 50.0 Å². The first-order valence-electron chi connectivity index (χ1n) is 9.83. The van der Waals surface area contributed by atoms with Gasteiger partial charge in [-0.1, -0.05) is 12.0 Å². The molecule has 0 bridgehead atoms. The lowest BCUT2D eigenvalue weighted by atomic mass is 10.1. The summed E-state index contributed by atoms with van der Waals surface area (Å²) < 4.78 is 5.89. The topological polar surface area (TPSA) is 41.5 Å². The van der Waals surface area contributed by atoms with Crippen LogP contribution in [-0.4, -0.2) is 47.7 Å². The molecule has 4 heterocycles. The van der Waals surface area contributed by atoms with Crippen molar-refractivity contribution in [2.24, 2.45) is 0 Å². The molecule has 2 aromatic heterocycles. The van der Waals surface area contributed by atoms with E-state index in [1.54, 1.807) is 6.20 Å². The molecule has 2 aliphatic rings. The molecule has 0 aromatic carbocycles. The van der Waals surface area contributed by atoms with Gasteiger partial charge in [-0.15, -0.1) is 6.42 Å². The van der Waals surface area contributed by atoms with Crippen molar-refractivity contribution in [3.05, 3.63) is 47.3 Å². The van der Waals surface area contributed by atoms with Gasteiger partial charge < -0.3 is 14.5 Å². The molecule has 2 aromatic rings. The Kier molecular flexibility index (Phi) is 5.55. The highest BCUT2D eigenvalue weighted by molar-refractivity contribution is 5.45. The number of rotatable bonds is 6. The number of ether oxygens (including phenoxy) is 1. The molecule has 1 saturated heterocycles. The van der Waals surface area contributed by atoms with Gasteiger partial charge in [-0.2, -0.15) is 0 Å². The van der Waals surface area contributed by atoms with Crippen molar-refractivity contribution in [3.8, 4) is 18.2 Å². The number of fused-ring (bicyclic) bond motifs is 1. The molecular weight excluding hydrogens is 336 g/mol. The van der Waals surface area contributed by atoms with Gasteiger partial charge in [0.15, 0.2) is 0 Å². The molecule has 140 valence electrons. The molecule has 0 atom stereocenters. The Morgan fingerprint density at radius 1 is 1.11 bits per heavy atom. The molecule has 0 saturated carbocycles. The van der Waals surface area contributed by atoms with E-state index in [0.717, 1.165) is 62.0 Å². The maximum absolute atomic E-state index is 5.89. The van der Waals surface area contributed by atoms with Crippen molar-refractivity contribution in [2.45, 2.75) is 32.2 Å². The highest BCUT2D eigenvalue weighted by atomic mass is 16.5. The van der Waals surface area contributed by atoms with Crippen LogP contribution in [-0.2, 0) is 13.0 Å². The molecule has 0 amide bonds. The quantitative estimate of drug-likeness (QED) is 0.584. The molecule has 0 spiro atoms. The molecule has 5 nitrogen and oxygen atoms in total. The summed E-state index contributed by atoms with van der Waals surface area (Å²) in [6.45, 7) is 6.08. The number of hydrogen-bond acceptors (Lipinski definition) is 5. The van der Waals surface area contributed by atoms with E-state index in [1.165, 1.54) is 31.5 Å². The summed E-state index contributed by atoms with van der Waals surface area (Å²) in [7, 11) is 0. The lowest BCUT2D eigenvalue weighted by Crippen LogP contribution is -2.31. The van der Waals surface area contributed by atoms with E-state index in [4.69, 9.17) is 16.1 Å². The van der Waals surface area contributed by atoms with Gasteiger partial charge in [0.25, 0.3) is 0 Å². The maximum Gasteiger partial charge on any atom is 0.213 e. The predicted octanol–water partition coefficient (Wildman–Crippen LogP) is 2.89. The summed E-state index contributed by atoms with van der Waals surface area (Å²) in [5, 5.41) is 0.